The van der Waals surface area contributed by atoms with Crippen molar-refractivity contribution in [2.45, 2.75) is 107 Å². The minimum absolute atomic E-state index is 0.00790. The van der Waals surface area contributed by atoms with Crippen LogP contribution in [-0.4, -0.2) is 369 Å². The fraction of sp³-hybridized carbons (Fsp3) is 0.646. The second-order valence-corrected chi connectivity index (χ2v) is 29.4. The van der Waals surface area contributed by atoms with Crippen LogP contribution in [0.25, 0.3) is 0 Å². The maximum Gasteiger partial charge on any atom is 0.306 e. The maximum absolute atomic E-state index is 13.8. The van der Waals surface area contributed by atoms with Gasteiger partial charge >= 0.3 is 47.8 Å². The summed E-state index contributed by atoms with van der Waals surface area (Å²) in [5.74, 6) is -5.96. The van der Waals surface area contributed by atoms with Crippen LogP contribution >= 0.6 is 21.6 Å². The first-order chi connectivity index (χ1) is 57.1. The molecule has 119 heavy (non-hydrogen) atoms. The van der Waals surface area contributed by atoms with Gasteiger partial charge in [0.15, 0.2) is 5.78 Å². The zero-order valence-electron chi connectivity index (χ0n) is 70.6. The molecule has 0 fully saturated rings. The highest BCUT2D eigenvalue weighted by Crippen LogP contribution is 2.37. The van der Waals surface area contributed by atoms with Crippen molar-refractivity contribution >= 4 is 116 Å². The number of nitrogens with zero attached hydrogens (tertiary/aromatic N) is 7. The molecule has 0 heterocycles. The average Bonchev–Trinajstić information content (AvgIpc) is 0.878. The van der Waals surface area contributed by atoms with Gasteiger partial charge in [-0.15, -0.1) is 0 Å². The molecule has 0 unspecified atom stereocenters. The smallest absolute Gasteiger partial charge is 0.306 e. The van der Waals surface area contributed by atoms with Crippen LogP contribution < -0.4 is 37.2 Å². The molecule has 7 N–H and O–H groups in total. The fourth-order valence-corrected chi connectivity index (χ4v) is 13.2. The SMILES string of the molecule is COC(=O)CCN(CCNC(=O)CCN(CCNC(=O)CCN(CCNC(=O)c1ccc(SSc2ccc(C(C)=O)cc2)cc1)CCC(=O)NCCN(CCC(=O)NCCN(CCC(=O)OC)CCC(=O)OC)CCC(=O)NCCN(CCC(=O)OC)CCC(=O)OC)CCC(=O)NCCN(CCC(=O)OC)CCC(=O)OC)CCC(=O)OC. The van der Waals surface area contributed by atoms with Crippen LogP contribution in [0.5, 0.6) is 0 Å². The van der Waals surface area contributed by atoms with Crippen molar-refractivity contribution in [3.8, 4) is 0 Å². The zero-order valence-corrected chi connectivity index (χ0v) is 72.2. The number of hydrogen-bond acceptors (Lipinski definition) is 33. The van der Waals surface area contributed by atoms with Crippen LogP contribution in [0.4, 0.5) is 0 Å². The molecule has 0 bridgehead atoms. The van der Waals surface area contributed by atoms with E-state index in [2.05, 4.69) is 37.2 Å². The number of carbonyl (C=O) groups is 16. The Bertz CT molecular complexity index is 3070. The molecule has 7 amide bonds. The first-order valence-corrected chi connectivity index (χ1v) is 41.8. The van der Waals surface area contributed by atoms with E-state index in [4.69, 9.17) is 37.9 Å². The largest absolute Gasteiger partial charge is 0.469 e. The molecule has 2 aromatic carbocycles. The minimum atomic E-state index is -0.442. The van der Waals surface area contributed by atoms with Crippen LogP contribution in [0, 0.1) is 0 Å². The van der Waals surface area contributed by atoms with Gasteiger partial charge in [0.25, 0.3) is 5.91 Å². The number of amides is 7. The predicted octanol–water partition coefficient (Wildman–Crippen LogP) is 0.0750. The van der Waals surface area contributed by atoms with E-state index < -0.39 is 47.8 Å². The highest BCUT2D eigenvalue weighted by Gasteiger charge is 2.21. The van der Waals surface area contributed by atoms with Gasteiger partial charge in [-0.25, -0.2) is 0 Å². The number of rotatable bonds is 68. The van der Waals surface area contributed by atoms with E-state index in [1.54, 1.807) is 24.3 Å². The summed E-state index contributed by atoms with van der Waals surface area (Å²) in [6.07, 6.45) is 0.322. The summed E-state index contributed by atoms with van der Waals surface area (Å²) in [6.45, 7) is 7.41. The molecule has 2 aromatic rings. The zero-order chi connectivity index (χ0) is 88.0. The van der Waals surface area contributed by atoms with Gasteiger partial charge in [-0.05, 0) is 43.3 Å². The minimum Gasteiger partial charge on any atom is -0.469 e. The van der Waals surface area contributed by atoms with E-state index in [-0.39, 0.29) is 294 Å². The average molecular weight is 1720 g/mol. The number of ketones is 1. The lowest BCUT2D eigenvalue weighted by atomic mass is 10.2. The maximum atomic E-state index is 13.8. The Morgan fingerprint density at radius 1 is 0.227 bits per heavy atom. The van der Waals surface area contributed by atoms with Crippen molar-refractivity contribution in [1.29, 1.82) is 0 Å². The Balaban J connectivity index is 2.35. The lowest BCUT2D eigenvalue weighted by Crippen LogP contribution is -2.42. The molecule has 0 saturated carbocycles. The van der Waals surface area contributed by atoms with Crippen molar-refractivity contribution < 1.29 is 115 Å². The molecular weight excluding hydrogens is 1590 g/mol. The molecule has 2 rings (SSSR count). The lowest BCUT2D eigenvalue weighted by Gasteiger charge is -2.24. The van der Waals surface area contributed by atoms with Crippen LogP contribution in [0.2, 0.25) is 0 Å². The molecule has 0 spiro atoms. The van der Waals surface area contributed by atoms with Gasteiger partial charge in [-0.1, -0.05) is 33.7 Å². The molecular formula is C79H126N14O24S2. The number of benzene rings is 2. The molecule has 0 saturated heterocycles. The van der Waals surface area contributed by atoms with Gasteiger partial charge in [0.05, 0.1) is 108 Å². The highest BCUT2D eigenvalue weighted by molar-refractivity contribution is 8.76. The number of nitrogens with one attached hydrogen (secondary N) is 7. The number of esters is 8. The van der Waals surface area contributed by atoms with E-state index in [1.165, 1.54) is 85.4 Å². The fourth-order valence-electron chi connectivity index (χ4n) is 11.3. The third kappa shape index (κ3) is 53.7. The van der Waals surface area contributed by atoms with Crippen LogP contribution in [0.1, 0.15) is 118 Å². The summed E-state index contributed by atoms with van der Waals surface area (Å²) in [5, 5.41) is 20.3. The van der Waals surface area contributed by atoms with Gasteiger partial charge in [-0.2, -0.15) is 0 Å². The second kappa shape index (κ2) is 65.4. The first kappa shape index (κ1) is 106. The summed E-state index contributed by atoms with van der Waals surface area (Å²) in [7, 11) is 13.1. The summed E-state index contributed by atoms with van der Waals surface area (Å²) in [6, 6.07) is 14.3. The molecule has 0 aliphatic heterocycles. The molecule has 38 nitrogen and oxygen atoms in total. The monoisotopic (exact) mass is 1720 g/mol. The van der Waals surface area contributed by atoms with E-state index >= 15 is 0 Å². The summed E-state index contributed by atoms with van der Waals surface area (Å²) >= 11 is 0. The Labute approximate surface area is 705 Å². The second-order valence-electron chi connectivity index (χ2n) is 27.1. The number of Topliss-reactive ketones (excluding diaryl/α,β-unsaturated/α-hetero) is 1. The summed E-state index contributed by atoms with van der Waals surface area (Å²) in [5.41, 5.74) is 0.999. The van der Waals surface area contributed by atoms with Gasteiger partial charge in [-0.3, -0.25) is 76.7 Å². The van der Waals surface area contributed by atoms with Crippen molar-refractivity contribution in [1.82, 2.24) is 71.5 Å². The van der Waals surface area contributed by atoms with E-state index in [9.17, 15) is 76.7 Å². The number of methoxy groups -OCH3 is 8. The van der Waals surface area contributed by atoms with Gasteiger partial charge < -0.3 is 109 Å². The van der Waals surface area contributed by atoms with Gasteiger partial charge in [0.2, 0.25) is 35.4 Å². The van der Waals surface area contributed by atoms with Crippen molar-refractivity contribution in [2.75, 3.05) is 240 Å². The van der Waals surface area contributed by atoms with Gasteiger partial charge in [0.1, 0.15) is 0 Å². The van der Waals surface area contributed by atoms with Crippen molar-refractivity contribution in [3.63, 3.8) is 0 Å². The number of carbonyl (C=O) groups excluding carboxylic acids is 16. The molecule has 0 aliphatic rings. The quantitative estimate of drug-likeness (QED) is 0.0199. The highest BCUT2D eigenvalue weighted by atomic mass is 33.1. The standard InChI is InChI=1S/C79H126N14O24S2/c1-60(94)61-10-14-63(15-11-61)118-119-64-16-12-62(13-17-64)79(109)86-38-59-89(43-22-69(99)80-32-53-87(39-18-65(95)82-34-55-90(45-24-71(101)110-2)46-25-72(102)111-3)40-19-66(96)83-35-56-91(47-26-73(103)112-4)48-27-74(104)113-5)44-23-70(100)81-33-54-88(41-20-67(97)84-36-57-92(49-28-75(105)114-6)50-29-76(106)115-7)42-21-68(98)85-37-58-93(51-30-77(107)116-8)52-31-78(108)117-9/h10-17H,18-59H2,1-9H3,(H,80,99)(H,81,100)(H,82,95)(H,83,96)(H,84,97)(H,85,98)(H,86,109). The third-order valence-corrected chi connectivity index (χ3v) is 21.1. The van der Waals surface area contributed by atoms with Crippen LogP contribution in [-0.2, 0) is 105 Å². The third-order valence-electron chi connectivity index (χ3n) is 18.6. The number of ether oxygens (including phenoxy) is 8. The Kier molecular flexibility index (Phi) is 58.1. The Morgan fingerprint density at radius 3 is 0.555 bits per heavy atom. The predicted molar refractivity (Wildman–Crippen MR) is 441 cm³/mol. The van der Waals surface area contributed by atoms with E-state index in [0.29, 0.717) is 37.3 Å². The Hall–Kier alpha value is -9.42. The summed E-state index contributed by atoms with van der Waals surface area (Å²) < 4.78 is 38.2. The normalized spacial score (nSPS) is 11.1. The molecule has 40 heteroatoms. The van der Waals surface area contributed by atoms with Crippen molar-refractivity contribution in [3.05, 3.63) is 59.7 Å². The van der Waals surface area contributed by atoms with Crippen LogP contribution in [0.3, 0.4) is 0 Å². The molecule has 0 atom stereocenters. The Morgan fingerprint density at radius 2 is 0.387 bits per heavy atom. The molecule has 668 valence electrons. The molecule has 0 aliphatic carbocycles. The van der Waals surface area contributed by atoms with Gasteiger partial charge in [0, 0.05) is 243 Å². The van der Waals surface area contributed by atoms with Crippen molar-refractivity contribution in [2.24, 2.45) is 0 Å². The number of hydrogen-bond donors (Lipinski definition) is 7. The topological polar surface area (TPSA) is 454 Å². The molecule has 0 radical (unpaired) electrons. The summed E-state index contributed by atoms with van der Waals surface area (Å²) in [4.78, 5) is 217. The van der Waals surface area contributed by atoms with E-state index in [0.717, 1.165) is 9.79 Å². The first-order valence-electron chi connectivity index (χ1n) is 39.7. The molecule has 0 aromatic heterocycles. The lowest BCUT2D eigenvalue weighted by molar-refractivity contribution is -0.142. The van der Waals surface area contributed by atoms with Crippen LogP contribution in [0.15, 0.2) is 58.3 Å². The van der Waals surface area contributed by atoms with E-state index in [1.807, 2.05) is 58.6 Å².